The molecule has 0 aromatic carbocycles. The van der Waals surface area contributed by atoms with Gasteiger partial charge in [-0.3, -0.25) is 4.90 Å². The van der Waals surface area contributed by atoms with Gasteiger partial charge in [0.2, 0.25) is 0 Å². The van der Waals surface area contributed by atoms with Gasteiger partial charge in [-0.15, -0.1) is 0 Å². The number of ether oxygens (including phenoxy) is 2. The Morgan fingerprint density at radius 3 is 3.06 bits per heavy atom. The number of nitrogens with one attached hydrogen (secondary N) is 1. The summed E-state index contributed by atoms with van der Waals surface area (Å²) in [5, 5.41) is 3.36. The zero-order valence-electron chi connectivity index (χ0n) is 11.7. The molecule has 2 unspecified atom stereocenters. The van der Waals surface area contributed by atoms with Crippen LogP contribution in [0.2, 0.25) is 0 Å². The molecule has 0 bridgehead atoms. The Morgan fingerprint density at radius 1 is 1.50 bits per heavy atom. The van der Waals surface area contributed by atoms with Crippen LogP contribution in [0.15, 0.2) is 11.8 Å². The SMILES string of the molecule is CCCN1CCOC(C(NC)C2=CCCCO2)C1. The lowest BCUT2D eigenvalue weighted by Gasteiger charge is -2.37. The van der Waals surface area contributed by atoms with Gasteiger partial charge in [0.1, 0.15) is 5.76 Å². The van der Waals surface area contributed by atoms with Crippen LogP contribution in [0.25, 0.3) is 0 Å². The highest BCUT2D eigenvalue weighted by molar-refractivity contribution is 5.09. The quantitative estimate of drug-likeness (QED) is 0.803. The number of rotatable bonds is 5. The summed E-state index contributed by atoms with van der Waals surface area (Å²) >= 11 is 0. The van der Waals surface area contributed by atoms with E-state index in [-0.39, 0.29) is 12.1 Å². The number of hydrogen-bond acceptors (Lipinski definition) is 4. The fraction of sp³-hybridized carbons (Fsp3) is 0.857. The first-order valence-electron chi connectivity index (χ1n) is 7.19. The maximum atomic E-state index is 5.94. The lowest BCUT2D eigenvalue weighted by atomic mass is 10.0. The molecule has 1 saturated heterocycles. The van der Waals surface area contributed by atoms with Crippen molar-refractivity contribution < 1.29 is 9.47 Å². The number of allylic oxidation sites excluding steroid dienone is 1. The van der Waals surface area contributed by atoms with E-state index in [0.717, 1.165) is 51.4 Å². The van der Waals surface area contributed by atoms with E-state index in [9.17, 15) is 0 Å². The molecule has 0 saturated carbocycles. The summed E-state index contributed by atoms with van der Waals surface area (Å²) in [6.45, 7) is 7.12. The minimum absolute atomic E-state index is 0.199. The first-order chi connectivity index (χ1) is 8.85. The zero-order chi connectivity index (χ0) is 12.8. The molecule has 4 heteroatoms. The Bertz CT molecular complexity index is 279. The highest BCUT2D eigenvalue weighted by Gasteiger charge is 2.30. The summed E-state index contributed by atoms with van der Waals surface area (Å²) in [7, 11) is 1.99. The molecule has 2 heterocycles. The van der Waals surface area contributed by atoms with Crippen LogP contribution in [0.5, 0.6) is 0 Å². The molecule has 18 heavy (non-hydrogen) atoms. The predicted octanol–water partition coefficient (Wildman–Crippen LogP) is 1.38. The topological polar surface area (TPSA) is 33.7 Å². The van der Waals surface area contributed by atoms with Crippen LogP contribution >= 0.6 is 0 Å². The first kappa shape index (κ1) is 13.8. The second-order valence-corrected chi connectivity index (χ2v) is 5.07. The van der Waals surface area contributed by atoms with Crippen molar-refractivity contribution in [2.75, 3.05) is 39.9 Å². The van der Waals surface area contributed by atoms with Crippen molar-refractivity contribution in [1.82, 2.24) is 10.2 Å². The molecule has 0 aromatic heterocycles. The molecular weight excluding hydrogens is 228 g/mol. The van der Waals surface area contributed by atoms with E-state index in [2.05, 4.69) is 23.2 Å². The van der Waals surface area contributed by atoms with Gasteiger partial charge in [-0.1, -0.05) is 6.92 Å². The maximum Gasteiger partial charge on any atom is 0.112 e. The first-order valence-corrected chi connectivity index (χ1v) is 7.19. The Morgan fingerprint density at radius 2 is 2.39 bits per heavy atom. The Kier molecular flexibility index (Phi) is 5.47. The van der Waals surface area contributed by atoms with Crippen molar-refractivity contribution in [2.24, 2.45) is 0 Å². The molecule has 2 aliphatic heterocycles. The van der Waals surface area contributed by atoms with Crippen LogP contribution in [-0.4, -0.2) is 56.9 Å². The lowest BCUT2D eigenvalue weighted by molar-refractivity contribution is -0.0485. The van der Waals surface area contributed by atoms with Gasteiger partial charge in [-0.2, -0.15) is 0 Å². The summed E-state index contributed by atoms with van der Waals surface area (Å²) in [4.78, 5) is 2.49. The standard InChI is InChI=1S/C14H26N2O2/c1-3-7-16-8-10-18-13(11-16)14(15-2)12-6-4-5-9-17-12/h6,13-15H,3-5,7-11H2,1-2H3. The van der Waals surface area contributed by atoms with E-state index in [1.807, 2.05) is 7.05 Å². The van der Waals surface area contributed by atoms with Gasteiger partial charge in [-0.05, 0) is 38.9 Å². The summed E-state index contributed by atoms with van der Waals surface area (Å²) < 4.78 is 11.7. The second-order valence-electron chi connectivity index (χ2n) is 5.07. The molecule has 0 aromatic rings. The van der Waals surface area contributed by atoms with Crippen molar-refractivity contribution in [3.63, 3.8) is 0 Å². The van der Waals surface area contributed by atoms with Crippen LogP contribution in [0, 0.1) is 0 Å². The molecule has 0 aliphatic carbocycles. The Labute approximate surface area is 110 Å². The van der Waals surface area contributed by atoms with Crippen molar-refractivity contribution in [3.05, 3.63) is 11.8 Å². The van der Waals surface area contributed by atoms with Gasteiger partial charge in [0, 0.05) is 13.1 Å². The van der Waals surface area contributed by atoms with E-state index in [4.69, 9.17) is 9.47 Å². The monoisotopic (exact) mass is 254 g/mol. The molecule has 1 N–H and O–H groups in total. The Balaban J connectivity index is 1.96. The number of likely N-dealkylation sites (N-methyl/N-ethyl adjacent to an activating group) is 1. The highest BCUT2D eigenvalue weighted by Crippen LogP contribution is 2.20. The van der Waals surface area contributed by atoms with Crippen LogP contribution in [-0.2, 0) is 9.47 Å². The van der Waals surface area contributed by atoms with E-state index in [1.165, 1.54) is 6.42 Å². The van der Waals surface area contributed by atoms with Crippen molar-refractivity contribution >= 4 is 0 Å². The Hall–Kier alpha value is -0.580. The molecule has 2 atom stereocenters. The third-order valence-electron chi connectivity index (χ3n) is 3.67. The van der Waals surface area contributed by atoms with Crippen LogP contribution in [0.1, 0.15) is 26.2 Å². The second kappa shape index (κ2) is 7.12. The van der Waals surface area contributed by atoms with Crippen molar-refractivity contribution in [2.45, 2.75) is 38.3 Å². The molecule has 2 rings (SSSR count). The fourth-order valence-electron chi connectivity index (χ4n) is 2.76. The molecule has 2 aliphatic rings. The van der Waals surface area contributed by atoms with E-state index < -0.39 is 0 Å². The minimum atomic E-state index is 0.199. The van der Waals surface area contributed by atoms with E-state index >= 15 is 0 Å². The molecule has 4 nitrogen and oxygen atoms in total. The van der Waals surface area contributed by atoms with Crippen LogP contribution in [0.3, 0.4) is 0 Å². The summed E-state index contributed by atoms with van der Waals surface area (Å²) in [5.74, 6) is 1.08. The van der Waals surface area contributed by atoms with Gasteiger partial charge in [-0.25, -0.2) is 0 Å². The summed E-state index contributed by atoms with van der Waals surface area (Å²) in [6, 6.07) is 0.199. The average Bonchev–Trinajstić information content (AvgIpc) is 2.42. The maximum absolute atomic E-state index is 5.94. The largest absolute Gasteiger partial charge is 0.496 e. The van der Waals surface area contributed by atoms with Gasteiger partial charge in [0.25, 0.3) is 0 Å². The highest BCUT2D eigenvalue weighted by atomic mass is 16.5. The third-order valence-corrected chi connectivity index (χ3v) is 3.67. The third kappa shape index (κ3) is 3.46. The smallest absolute Gasteiger partial charge is 0.112 e. The van der Waals surface area contributed by atoms with E-state index in [0.29, 0.717) is 0 Å². The number of morpholine rings is 1. The van der Waals surface area contributed by atoms with Crippen molar-refractivity contribution in [3.8, 4) is 0 Å². The molecule has 104 valence electrons. The summed E-state index contributed by atoms with van der Waals surface area (Å²) in [5.41, 5.74) is 0. The number of nitrogens with zero attached hydrogens (tertiary/aromatic N) is 1. The molecular formula is C14H26N2O2. The van der Waals surface area contributed by atoms with Crippen molar-refractivity contribution in [1.29, 1.82) is 0 Å². The van der Waals surface area contributed by atoms with Gasteiger partial charge in [0.15, 0.2) is 0 Å². The van der Waals surface area contributed by atoms with Gasteiger partial charge < -0.3 is 14.8 Å². The average molecular weight is 254 g/mol. The molecule has 0 radical (unpaired) electrons. The molecule has 1 fully saturated rings. The van der Waals surface area contributed by atoms with Crippen LogP contribution < -0.4 is 5.32 Å². The molecule has 0 amide bonds. The molecule has 0 spiro atoms. The van der Waals surface area contributed by atoms with Gasteiger partial charge >= 0.3 is 0 Å². The minimum Gasteiger partial charge on any atom is -0.496 e. The van der Waals surface area contributed by atoms with E-state index in [1.54, 1.807) is 0 Å². The number of hydrogen-bond donors (Lipinski definition) is 1. The van der Waals surface area contributed by atoms with Gasteiger partial charge in [0.05, 0.1) is 25.4 Å². The lowest BCUT2D eigenvalue weighted by Crippen LogP contribution is -2.52. The zero-order valence-corrected chi connectivity index (χ0v) is 11.7. The van der Waals surface area contributed by atoms with Crippen LogP contribution in [0.4, 0.5) is 0 Å². The normalized spacial score (nSPS) is 27.4. The summed E-state index contributed by atoms with van der Waals surface area (Å²) in [6.07, 6.45) is 5.88. The predicted molar refractivity (Wildman–Crippen MR) is 72.6 cm³/mol. The fourth-order valence-corrected chi connectivity index (χ4v) is 2.76.